The topological polar surface area (TPSA) is 111 Å². The van der Waals surface area contributed by atoms with Gasteiger partial charge in [-0.15, -0.1) is 0 Å². The van der Waals surface area contributed by atoms with Gasteiger partial charge in [0.05, 0.1) is 19.6 Å². The minimum absolute atomic E-state index is 0.0212. The maximum absolute atomic E-state index is 12.0. The Bertz CT molecular complexity index is 612. The third-order valence-corrected chi connectivity index (χ3v) is 3.13. The molecule has 2 amide bonds. The monoisotopic (exact) mass is 350 g/mol. The molecule has 0 saturated carbocycles. The third-order valence-electron chi connectivity index (χ3n) is 3.13. The van der Waals surface area contributed by atoms with Gasteiger partial charge in [-0.1, -0.05) is 0 Å². The zero-order valence-corrected chi connectivity index (χ0v) is 14.3. The van der Waals surface area contributed by atoms with Crippen molar-refractivity contribution >= 4 is 23.6 Å². The molecule has 0 fully saturated rings. The predicted octanol–water partition coefficient (Wildman–Crippen LogP) is 0.454. The first-order valence-electron chi connectivity index (χ1n) is 7.85. The zero-order valence-electron chi connectivity index (χ0n) is 14.3. The van der Waals surface area contributed by atoms with Crippen molar-refractivity contribution in [3.63, 3.8) is 0 Å². The lowest BCUT2D eigenvalue weighted by molar-refractivity contribution is -0.148. The molecule has 0 aromatic heterocycles. The maximum atomic E-state index is 12.0. The lowest BCUT2D eigenvalue weighted by atomic mass is 10.1. The van der Waals surface area contributed by atoms with E-state index >= 15 is 0 Å². The van der Waals surface area contributed by atoms with Crippen LogP contribution in [0.1, 0.15) is 30.1 Å². The second-order valence-electron chi connectivity index (χ2n) is 4.99. The average molecular weight is 350 g/mol. The summed E-state index contributed by atoms with van der Waals surface area (Å²) in [6.45, 7) is 1.72. The van der Waals surface area contributed by atoms with Crippen molar-refractivity contribution in [2.24, 2.45) is 0 Å². The van der Waals surface area contributed by atoms with Crippen LogP contribution in [0.4, 0.5) is 0 Å². The lowest BCUT2D eigenvalue weighted by Gasteiger charge is -2.06. The molecule has 0 radical (unpaired) electrons. The molecule has 0 aliphatic rings. The van der Waals surface area contributed by atoms with E-state index < -0.39 is 18.5 Å². The van der Waals surface area contributed by atoms with Gasteiger partial charge in [0.1, 0.15) is 5.75 Å². The Labute approximate surface area is 145 Å². The van der Waals surface area contributed by atoms with Crippen molar-refractivity contribution in [2.75, 3.05) is 26.8 Å². The highest BCUT2D eigenvalue weighted by molar-refractivity contribution is 5.97. The van der Waals surface area contributed by atoms with Crippen LogP contribution in [-0.4, -0.2) is 50.4 Å². The number of esters is 1. The van der Waals surface area contributed by atoms with Crippen molar-refractivity contribution in [2.45, 2.75) is 19.8 Å². The molecule has 0 aliphatic carbocycles. The number of benzene rings is 1. The van der Waals surface area contributed by atoms with Crippen molar-refractivity contribution < 1.29 is 28.7 Å². The van der Waals surface area contributed by atoms with E-state index in [0.717, 1.165) is 0 Å². The summed E-state index contributed by atoms with van der Waals surface area (Å²) in [5, 5.41) is 4.63. The molecule has 1 aromatic carbocycles. The molecule has 8 heteroatoms. The van der Waals surface area contributed by atoms with Crippen LogP contribution in [0.2, 0.25) is 0 Å². The van der Waals surface area contributed by atoms with Crippen LogP contribution in [0.5, 0.6) is 5.75 Å². The van der Waals surface area contributed by atoms with Crippen LogP contribution in [-0.2, 0) is 19.1 Å². The van der Waals surface area contributed by atoms with E-state index in [9.17, 15) is 19.2 Å². The number of hydrogen-bond acceptors (Lipinski definition) is 6. The van der Waals surface area contributed by atoms with Gasteiger partial charge in [-0.05, 0) is 31.2 Å². The highest BCUT2D eigenvalue weighted by atomic mass is 16.5. The quantitative estimate of drug-likeness (QED) is 0.468. The Morgan fingerprint density at radius 3 is 2.28 bits per heavy atom. The standard InChI is InChI=1S/C17H22N2O6/c1-3-24-13-6-4-12(5-7-13)14(20)8-9-17(23)25-11-16(22)19-10-15(21)18-2/h4-7H,3,8-11H2,1-2H3,(H,18,21)(H,19,22). The Kier molecular flexibility index (Phi) is 8.70. The summed E-state index contributed by atoms with van der Waals surface area (Å²) in [5.74, 6) is -1.14. The predicted molar refractivity (Wildman–Crippen MR) is 89.2 cm³/mol. The Morgan fingerprint density at radius 2 is 1.68 bits per heavy atom. The first-order chi connectivity index (χ1) is 12.0. The number of carbonyl (C=O) groups is 4. The summed E-state index contributed by atoms with van der Waals surface area (Å²) in [6.07, 6.45) is -0.151. The van der Waals surface area contributed by atoms with Gasteiger partial charge in [-0.25, -0.2) is 0 Å². The van der Waals surface area contributed by atoms with E-state index in [-0.39, 0.29) is 31.1 Å². The number of nitrogens with one attached hydrogen (secondary N) is 2. The molecule has 136 valence electrons. The average Bonchev–Trinajstić information content (AvgIpc) is 2.63. The second-order valence-corrected chi connectivity index (χ2v) is 4.99. The largest absolute Gasteiger partial charge is 0.494 e. The molecular formula is C17H22N2O6. The summed E-state index contributed by atoms with van der Waals surface area (Å²) in [5.41, 5.74) is 0.472. The van der Waals surface area contributed by atoms with Crippen LogP contribution in [0.15, 0.2) is 24.3 Å². The first kappa shape index (κ1) is 20.1. The fourth-order valence-corrected chi connectivity index (χ4v) is 1.80. The fourth-order valence-electron chi connectivity index (χ4n) is 1.80. The van der Waals surface area contributed by atoms with Gasteiger partial charge < -0.3 is 20.1 Å². The smallest absolute Gasteiger partial charge is 0.306 e. The molecular weight excluding hydrogens is 328 g/mol. The third kappa shape index (κ3) is 7.96. The summed E-state index contributed by atoms with van der Waals surface area (Å²) < 4.78 is 10.0. The van der Waals surface area contributed by atoms with Gasteiger partial charge >= 0.3 is 5.97 Å². The van der Waals surface area contributed by atoms with Crippen molar-refractivity contribution in [3.8, 4) is 5.75 Å². The number of ketones is 1. The molecule has 0 bridgehead atoms. The van der Waals surface area contributed by atoms with Gasteiger partial charge in [0, 0.05) is 19.0 Å². The number of Topliss-reactive ketones (excluding diaryl/α,β-unsaturated/α-hetero) is 1. The molecule has 0 heterocycles. The number of likely N-dealkylation sites (N-methyl/N-ethyl adjacent to an activating group) is 1. The van der Waals surface area contributed by atoms with E-state index in [1.165, 1.54) is 7.05 Å². The minimum atomic E-state index is -0.658. The normalized spacial score (nSPS) is 9.84. The molecule has 0 saturated heterocycles. The van der Waals surface area contributed by atoms with Crippen molar-refractivity contribution in [3.05, 3.63) is 29.8 Å². The number of carbonyl (C=O) groups excluding carboxylic acids is 4. The van der Waals surface area contributed by atoms with E-state index in [4.69, 9.17) is 9.47 Å². The molecule has 2 N–H and O–H groups in total. The summed E-state index contributed by atoms with van der Waals surface area (Å²) in [7, 11) is 1.44. The number of amides is 2. The Hall–Kier alpha value is -2.90. The minimum Gasteiger partial charge on any atom is -0.494 e. The lowest BCUT2D eigenvalue weighted by Crippen LogP contribution is -2.37. The molecule has 1 rings (SSSR count). The molecule has 8 nitrogen and oxygen atoms in total. The fraction of sp³-hybridized carbons (Fsp3) is 0.412. The number of ether oxygens (including phenoxy) is 2. The Morgan fingerprint density at radius 1 is 1.00 bits per heavy atom. The van der Waals surface area contributed by atoms with Gasteiger partial charge in [0.15, 0.2) is 12.4 Å². The molecule has 1 aromatic rings. The van der Waals surface area contributed by atoms with Gasteiger partial charge in [0.2, 0.25) is 5.91 Å². The number of rotatable bonds is 10. The summed E-state index contributed by atoms with van der Waals surface area (Å²) in [4.78, 5) is 45.9. The molecule has 0 aliphatic heterocycles. The summed E-state index contributed by atoms with van der Waals surface area (Å²) in [6, 6.07) is 6.63. The van der Waals surface area contributed by atoms with Crippen LogP contribution >= 0.6 is 0 Å². The van der Waals surface area contributed by atoms with Gasteiger partial charge in [-0.3, -0.25) is 19.2 Å². The van der Waals surface area contributed by atoms with Crippen molar-refractivity contribution in [1.82, 2.24) is 10.6 Å². The van der Waals surface area contributed by atoms with Crippen LogP contribution in [0, 0.1) is 0 Å². The van der Waals surface area contributed by atoms with Crippen LogP contribution in [0.3, 0.4) is 0 Å². The SMILES string of the molecule is CCOc1ccc(C(=O)CCC(=O)OCC(=O)NCC(=O)NC)cc1. The molecule has 0 spiro atoms. The van der Waals surface area contributed by atoms with E-state index in [0.29, 0.717) is 17.9 Å². The van der Waals surface area contributed by atoms with Crippen LogP contribution in [0.25, 0.3) is 0 Å². The molecule has 25 heavy (non-hydrogen) atoms. The summed E-state index contributed by atoms with van der Waals surface area (Å²) >= 11 is 0. The highest BCUT2D eigenvalue weighted by Gasteiger charge is 2.12. The Balaban J connectivity index is 2.29. The highest BCUT2D eigenvalue weighted by Crippen LogP contribution is 2.14. The number of hydrogen-bond donors (Lipinski definition) is 2. The zero-order chi connectivity index (χ0) is 18.7. The maximum Gasteiger partial charge on any atom is 0.306 e. The second kappa shape index (κ2) is 10.8. The molecule has 0 unspecified atom stereocenters. The van der Waals surface area contributed by atoms with Crippen molar-refractivity contribution in [1.29, 1.82) is 0 Å². The van der Waals surface area contributed by atoms with Gasteiger partial charge in [-0.2, -0.15) is 0 Å². The van der Waals surface area contributed by atoms with Crippen LogP contribution < -0.4 is 15.4 Å². The van der Waals surface area contributed by atoms with Gasteiger partial charge in [0.25, 0.3) is 5.91 Å². The molecule has 0 atom stereocenters. The van der Waals surface area contributed by atoms with E-state index in [1.54, 1.807) is 24.3 Å². The van der Waals surface area contributed by atoms with E-state index in [1.807, 2.05) is 6.92 Å². The van der Waals surface area contributed by atoms with E-state index in [2.05, 4.69) is 10.6 Å². The first-order valence-corrected chi connectivity index (χ1v) is 7.85.